The molecule has 0 aliphatic heterocycles. The van der Waals surface area contributed by atoms with Crippen LogP contribution < -0.4 is 4.90 Å². The molecule has 1 aromatic heterocycles. The van der Waals surface area contributed by atoms with Crippen molar-refractivity contribution in [3.8, 4) is 11.5 Å². The van der Waals surface area contributed by atoms with E-state index in [1.54, 1.807) is 91.2 Å². The summed E-state index contributed by atoms with van der Waals surface area (Å²) in [4.78, 5) is 24.5. The molecule has 3 aromatic rings. The molecule has 0 fully saturated rings. The van der Waals surface area contributed by atoms with E-state index in [1.807, 2.05) is 4.90 Å². The van der Waals surface area contributed by atoms with Gasteiger partial charge in [-0.05, 0) is 37.1 Å². The smallest absolute Gasteiger partial charge is 0.500 e. The number of aliphatic imine (C=N–C) groups is 2. The predicted octanol–water partition coefficient (Wildman–Crippen LogP) is 4.13. The van der Waals surface area contributed by atoms with Crippen LogP contribution in [-0.4, -0.2) is 111 Å². The zero-order valence-electron chi connectivity index (χ0n) is 26.5. The number of anilines is 1. The first-order valence-electron chi connectivity index (χ1n) is 14.2. The van der Waals surface area contributed by atoms with Gasteiger partial charge < -0.3 is 41.7 Å². The van der Waals surface area contributed by atoms with E-state index in [0.717, 1.165) is 0 Å². The van der Waals surface area contributed by atoms with Gasteiger partial charge in [0, 0.05) is 91.4 Å². The summed E-state index contributed by atoms with van der Waals surface area (Å²) in [6.07, 6.45) is 4.23. The largest absolute Gasteiger partial charge is 0.507 e. The van der Waals surface area contributed by atoms with Crippen molar-refractivity contribution in [3.05, 3.63) is 59.7 Å². The standard InChI is InChI=1S/C29H42N6O8Si2/c1-38-44(39-2,40-3)19-11-17-35(18-12-20-45(41-4,42-5)43-6)29-33-27(30-21-23-13-7-9-15-25(23)36)32-28(34-29)31-22-24-14-8-10-16-26(24)37/h7-10,13-16,21-22,36-37H,11-12,17-20H2,1-6H3/b30-21+,31-22+. The van der Waals surface area contributed by atoms with E-state index in [9.17, 15) is 10.2 Å². The van der Waals surface area contributed by atoms with Gasteiger partial charge in [0.15, 0.2) is 0 Å². The number of benzene rings is 2. The topological polar surface area (TPSA) is 162 Å². The van der Waals surface area contributed by atoms with Crippen molar-refractivity contribution in [1.29, 1.82) is 0 Å². The molecular formula is C29H42N6O8Si2. The second-order valence-corrected chi connectivity index (χ2v) is 15.8. The maximum Gasteiger partial charge on any atom is 0.500 e. The fourth-order valence-electron chi connectivity index (χ4n) is 4.45. The highest BCUT2D eigenvalue weighted by Gasteiger charge is 2.38. The molecule has 14 nitrogen and oxygen atoms in total. The van der Waals surface area contributed by atoms with E-state index in [1.165, 1.54) is 12.4 Å². The van der Waals surface area contributed by atoms with Gasteiger partial charge in [0.05, 0.1) is 0 Å². The molecule has 45 heavy (non-hydrogen) atoms. The van der Waals surface area contributed by atoms with Crippen molar-refractivity contribution in [2.24, 2.45) is 9.98 Å². The van der Waals surface area contributed by atoms with Crippen LogP contribution in [0.1, 0.15) is 24.0 Å². The number of para-hydroxylation sites is 2. The van der Waals surface area contributed by atoms with Crippen LogP contribution >= 0.6 is 0 Å². The molecule has 0 saturated carbocycles. The van der Waals surface area contributed by atoms with Crippen molar-refractivity contribution >= 4 is 47.9 Å². The fraction of sp³-hybridized carbons (Fsp3) is 0.414. The molecule has 0 aliphatic rings. The molecule has 0 saturated heterocycles. The summed E-state index contributed by atoms with van der Waals surface area (Å²) >= 11 is 0. The minimum atomic E-state index is -2.82. The molecule has 0 radical (unpaired) electrons. The molecular weight excluding hydrogens is 617 g/mol. The number of aromatic nitrogens is 3. The van der Waals surface area contributed by atoms with Gasteiger partial charge in [-0.15, -0.1) is 0 Å². The Morgan fingerprint density at radius 3 is 1.36 bits per heavy atom. The van der Waals surface area contributed by atoms with E-state index in [0.29, 0.717) is 55.1 Å². The van der Waals surface area contributed by atoms with Crippen molar-refractivity contribution < 1.29 is 36.8 Å². The van der Waals surface area contributed by atoms with Crippen molar-refractivity contribution in [1.82, 2.24) is 15.0 Å². The molecule has 0 spiro atoms. The Labute approximate surface area is 266 Å². The number of aromatic hydroxyl groups is 2. The summed E-state index contributed by atoms with van der Waals surface area (Å²) in [5.74, 6) is 0.638. The number of nitrogens with zero attached hydrogens (tertiary/aromatic N) is 6. The van der Waals surface area contributed by atoms with Crippen LogP contribution in [0.15, 0.2) is 58.5 Å². The maximum absolute atomic E-state index is 10.2. The number of hydrogen-bond acceptors (Lipinski definition) is 14. The number of rotatable bonds is 19. The Kier molecular flexibility index (Phi) is 14.2. The Morgan fingerprint density at radius 2 is 1.00 bits per heavy atom. The van der Waals surface area contributed by atoms with Crippen LogP contribution in [0.2, 0.25) is 12.1 Å². The Bertz CT molecular complexity index is 1290. The van der Waals surface area contributed by atoms with Gasteiger partial charge >= 0.3 is 17.6 Å². The third-order valence-corrected chi connectivity index (χ3v) is 12.7. The fourth-order valence-corrected chi connectivity index (χ4v) is 7.85. The minimum Gasteiger partial charge on any atom is -0.507 e. The van der Waals surface area contributed by atoms with Crippen molar-refractivity contribution in [2.75, 3.05) is 60.6 Å². The molecule has 0 amide bonds. The Morgan fingerprint density at radius 1 is 0.622 bits per heavy atom. The second-order valence-electron chi connectivity index (χ2n) is 9.65. The average Bonchev–Trinajstić information content (AvgIpc) is 3.07. The van der Waals surface area contributed by atoms with Crippen molar-refractivity contribution in [2.45, 2.75) is 24.9 Å². The zero-order valence-corrected chi connectivity index (χ0v) is 28.5. The Hall–Kier alpha value is -3.62. The predicted molar refractivity (Wildman–Crippen MR) is 175 cm³/mol. The first-order valence-corrected chi connectivity index (χ1v) is 18.1. The lowest BCUT2D eigenvalue weighted by molar-refractivity contribution is 0.123. The third kappa shape index (κ3) is 10.2. The summed E-state index contributed by atoms with van der Waals surface area (Å²) in [6, 6.07) is 14.7. The quantitative estimate of drug-likeness (QED) is 0.140. The summed E-state index contributed by atoms with van der Waals surface area (Å²) in [5.41, 5.74) is 0.992. The number of hydrogen-bond donors (Lipinski definition) is 2. The van der Waals surface area contributed by atoms with Crippen LogP contribution in [0, 0.1) is 0 Å². The minimum absolute atomic E-state index is 0.0686. The summed E-state index contributed by atoms with van der Waals surface area (Å²) < 4.78 is 33.7. The van der Waals surface area contributed by atoms with Gasteiger partial charge in [-0.1, -0.05) is 24.3 Å². The number of phenolic OH excluding ortho intramolecular Hbond substituents is 2. The highest BCUT2D eigenvalue weighted by Crippen LogP contribution is 2.24. The molecule has 2 aromatic carbocycles. The first kappa shape index (κ1) is 35.9. The van der Waals surface area contributed by atoms with Gasteiger partial charge in [0.25, 0.3) is 11.9 Å². The monoisotopic (exact) mass is 658 g/mol. The van der Waals surface area contributed by atoms with Gasteiger partial charge in [-0.25, -0.2) is 9.98 Å². The van der Waals surface area contributed by atoms with E-state index < -0.39 is 17.6 Å². The molecule has 0 atom stereocenters. The molecule has 2 N–H and O–H groups in total. The second kappa shape index (κ2) is 17.8. The van der Waals surface area contributed by atoms with Crippen LogP contribution in [0.4, 0.5) is 17.8 Å². The average molecular weight is 659 g/mol. The van der Waals surface area contributed by atoms with Crippen LogP contribution in [0.25, 0.3) is 0 Å². The molecule has 1 heterocycles. The molecule has 0 aliphatic carbocycles. The molecule has 244 valence electrons. The lowest BCUT2D eigenvalue weighted by Gasteiger charge is -2.28. The normalized spacial score (nSPS) is 12.4. The van der Waals surface area contributed by atoms with Gasteiger partial charge in [-0.3, -0.25) is 0 Å². The van der Waals surface area contributed by atoms with E-state index >= 15 is 0 Å². The van der Waals surface area contributed by atoms with E-state index in [-0.39, 0.29) is 23.4 Å². The van der Waals surface area contributed by atoms with E-state index in [2.05, 4.69) is 24.9 Å². The maximum atomic E-state index is 10.2. The highest BCUT2D eigenvalue weighted by atomic mass is 28.4. The first-order chi connectivity index (χ1) is 21.8. The Balaban J connectivity index is 2.00. The number of phenols is 2. The van der Waals surface area contributed by atoms with Crippen LogP contribution in [-0.2, 0) is 26.6 Å². The molecule has 0 unspecified atom stereocenters. The summed E-state index contributed by atoms with van der Waals surface area (Å²) in [6.45, 7) is 1.03. The lowest BCUT2D eigenvalue weighted by atomic mass is 10.2. The molecule has 16 heteroatoms. The summed E-state index contributed by atoms with van der Waals surface area (Å²) in [7, 11) is 3.83. The third-order valence-electron chi connectivity index (χ3n) is 7.08. The zero-order chi connectivity index (χ0) is 32.7. The van der Waals surface area contributed by atoms with Gasteiger partial charge in [0.1, 0.15) is 11.5 Å². The van der Waals surface area contributed by atoms with Crippen LogP contribution in [0.3, 0.4) is 0 Å². The van der Waals surface area contributed by atoms with Gasteiger partial charge in [0.2, 0.25) is 5.95 Å². The van der Waals surface area contributed by atoms with Crippen molar-refractivity contribution in [3.63, 3.8) is 0 Å². The highest BCUT2D eigenvalue weighted by molar-refractivity contribution is 6.60. The molecule has 0 bridgehead atoms. The van der Waals surface area contributed by atoms with Gasteiger partial charge in [-0.2, -0.15) is 15.0 Å². The SMILES string of the molecule is CO[Si](CCCN(CCC[Si](OC)(OC)OC)c1nc(/N=C/c2ccccc2O)nc(/N=C/c2ccccc2O)n1)(OC)OC. The van der Waals surface area contributed by atoms with E-state index in [4.69, 9.17) is 26.6 Å². The summed E-state index contributed by atoms with van der Waals surface area (Å²) in [5, 5.41) is 20.4. The lowest BCUT2D eigenvalue weighted by Crippen LogP contribution is -2.44. The molecule has 3 rings (SSSR count). The van der Waals surface area contributed by atoms with Crippen LogP contribution in [0.5, 0.6) is 11.5 Å².